The Morgan fingerprint density at radius 1 is 0.926 bits per heavy atom. The highest BCUT2D eigenvalue weighted by atomic mass is 16.3. The predicted molar refractivity (Wildman–Crippen MR) is 111 cm³/mol. The first-order chi connectivity index (χ1) is 12.7. The van der Waals surface area contributed by atoms with Gasteiger partial charge in [0.2, 0.25) is 0 Å². The van der Waals surface area contributed by atoms with Gasteiger partial charge in [0.15, 0.2) is 0 Å². The number of fused-ring (bicyclic) bond motifs is 5. The number of aliphatic imine (C=N–C) groups is 1. The zero-order valence-electron chi connectivity index (χ0n) is 18.0. The van der Waals surface area contributed by atoms with Gasteiger partial charge in [-0.05, 0) is 106 Å². The lowest BCUT2D eigenvalue weighted by Gasteiger charge is -2.62. The smallest absolute Gasteiger partial charge is 0.0626 e. The average Bonchev–Trinajstić information content (AvgIpc) is 2.97. The molecule has 2 N–H and O–H groups in total. The van der Waals surface area contributed by atoms with Gasteiger partial charge in [0.1, 0.15) is 0 Å². The Hall–Kier alpha value is -0.410. The summed E-state index contributed by atoms with van der Waals surface area (Å²) in [6.07, 6.45) is 11.3. The van der Waals surface area contributed by atoms with Gasteiger partial charge in [0.25, 0.3) is 0 Å². The fraction of sp³-hybridized carbons (Fsp3) is 0.958. The van der Waals surface area contributed by atoms with Crippen molar-refractivity contribution in [3.05, 3.63) is 0 Å². The van der Waals surface area contributed by atoms with E-state index in [-0.39, 0.29) is 6.61 Å². The van der Waals surface area contributed by atoms with E-state index < -0.39 is 5.60 Å². The minimum absolute atomic E-state index is 0.165. The normalized spacial score (nSPS) is 52.8. The molecule has 0 heterocycles. The SMILES string of the molecule is C/C(=N/CCO)[C@H]1CC[C@H]2[C@@H]3CC[C@H]4C[C@](C)(O)CC[C@]4(C)[C@H]3CC[C@]12C. The molecule has 8 atom stereocenters. The van der Waals surface area contributed by atoms with Crippen molar-refractivity contribution in [3.63, 3.8) is 0 Å². The number of hydrogen-bond acceptors (Lipinski definition) is 3. The molecule has 4 aliphatic carbocycles. The molecule has 4 fully saturated rings. The van der Waals surface area contributed by atoms with Gasteiger partial charge in [0.05, 0.1) is 18.8 Å². The predicted octanol–water partition coefficient (Wildman–Crippen LogP) is 4.85. The molecule has 0 aliphatic heterocycles. The van der Waals surface area contributed by atoms with Crippen molar-refractivity contribution in [2.24, 2.45) is 45.4 Å². The van der Waals surface area contributed by atoms with Gasteiger partial charge in [-0.2, -0.15) is 0 Å². The summed E-state index contributed by atoms with van der Waals surface area (Å²) in [6, 6.07) is 0. The van der Waals surface area contributed by atoms with E-state index >= 15 is 0 Å². The molecule has 0 saturated heterocycles. The maximum atomic E-state index is 10.7. The molecule has 0 spiro atoms. The van der Waals surface area contributed by atoms with Gasteiger partial charge < -0.3 is 10.2 Å². The molecule has 0 aromatic rings. The Morgan fingerprint density at radius 2 is 1.67 bits per heavy atom. The molecular weight excluding hydrogens is 334 g/mol. The van der Waals surface area contributed by atoms with Gasteiger partial charge in [-0.25, -0.2) is 0 Å². The summed E-state index contributed by atoms with van der Waals surface area (Å²) in [4.78, 5) is 4.70. The second-order valence-electron chi connectivity index (χ2n) is 11.3. The second-order valence-corrected chi connectivity index (χ2v) is 11.3. The minimum atomic E-state index is -0.432. The Kier molecular flexibility index (Phi) is 5.03. The van der Waals surface area contributed by atoms with Crippen LogP contribution in [0.1, 0.15) is 85.5 Å². The highest BCUT2D eigenvalue weighted by Gasteiger charge is 2.61. The van der Waals surface area contributed by atoms with Crippen molar-refractivity contribution < 1.29 is 10.2 Å². The molecule has 4 aliphatic rings. The van der Waals surface area contributed by atoms with Crippen LogP contribution in [0.15, 0.2) is 4.99 Å². The monoisotopic (exact) mass is 375 g/mol. The molecule has 0 radical (unpaired) electrons. The van der Waals surface area contributed by atoms with Gasteiger partial charge in [-0.1, -0.05) is 13.8 Å². The van der Waals surface area contributed by atoms with Crippen LogP contribution < -0.4 is 0 Å². The molecule has 3 heteroatoms. The lowest BCUT2D eigenvalue weighted by atomic mass is 9.44. The molecule has 154 valence electrons. The van der Waals surface area contributed by atoms with E-state index in [9.17, 15) is 5.11 Å². The van der Waals surface area contributed by atoms with Gasteiger partial charge in [-0.3, -0.25) is 4.99 Å². The zero-order chi connectivity index (χ0) is 19.4. The third kappa shape index (κ3) is 3.12. The van der Waals surface area contributed by atoms with Crippen LogP contribution in [0, 0.1) is 40.4 Å². The molecule has 4 saturated carbocycles. The number of aliphatic hydroxyl groups excluding tert-OH is 1. The fourth-order valence-electron chi connectivity index (χ4n) is 8.45. The van der Waals surface area contributed by atoms with Crippen LogP contribution >= 0.6 is 0 Å². The molecule has 0 bridgehead atoms. The van der Waals surface area contributed by atoms with Crippen molar-refractivity contribution in [2.45, 2.75) is 91.1 Å². The summed E-state index contributed by atoms with van der Waals surface area (Å²) < 4.78 is 0. The largest absolute Gasteiger partial charge is 0.394 e. The number of hydrogen-bond donors (Lipinski definition) is 2. The van der Waals surface area contributed by atoms with Crippen LogP contribution in [0.4, 0.5) is 0 Å². The van der Waals surface area contributed by atoms with E-state index in [4.69, 9.17) is 10.1 Å². The number of aliphatic hydroxyl groups is 2. The quantitative estimate of drug-likeness (QED) is 0.693. The van der Waals surface area contributed by atoms with Crippen LogP contribution in [-0.4, -0.2) is 34.7 Å². The Labute approximate surface area is 166 Å². The third-order valence-corrected chi connectivity index (χ3v) is 9.92. The van der Waals surface area contributed by atoms with Crippen molar-refractivity contribution in [3.8, 4) is 0 Å². The standard InChI is InChI=1S/C24H41NO2/c1-16(25-13-14-26)19-7-8-20-18-6-5-17-15-22(2,27)11-12-23(17,3)21(18)9-10-24(19,20)4/h17-21,26-27H,5-15H2,1-4H3/b25-16-/t17-,18-,19+,20-,21-,22+,23-,24+/m0/s1. The Bertz CT molecular complexity index is 599. The van der Waals surface area contributed by atoms with Crippen molar-refractivity contribution in [1.29, 1.82) is 0 Å². The van der Waals surface area contributed by atoms with Crippen LogP contribution in [-0.2, 0) is 0 Å². The van der Waals surface area contributed by atoms with Crippen LogP contribution in [0.25, 0.3) is 0 Å². The molecule has 4 rings (SSSR count). The van der Waals surface area contributed by atoms with E-state index in [1.165, 1.54) is 50.7 Å². The maximum Gasteiger partial charge on any atom is 0.0626 e. The number of nitrogens with zero attached hydrogens (tertiary/aromatic N) is 1. The summed E-state index contributed by atoms with van der Waals surface area (Å²) in [5.74, 6) is 3.92. The molecule has 0 aromatic carbocycles. The van der Waals surface area contributed by atoms with Gasteiger partial charge in [0, 0.05) is 11.6 Å². The summed E-state index contributed by atoms with van der Waals surface area (Å²) in [5, 5.41) is 19.8. The summed E-state index contributed by atoms with van der Waals surface area (Å²) in [7, 11) is 0. The first-order valence-electron chi connectivity index (χ1n) is 11.6. The van der Waals surface area contributed by atoms with E-state index in [0.29, 0.717) is 23.3 Å². The number of rotatable bonds is 3. The van der Waals surface area contributed by atoms with Crippen LogP contribution in [0.5, 0.6) is 0 Å². The third-order valence-electron chi connectivity index (χ3n) is 9.92. The van der Waals surface area contributed by atoms with E-state index in [0.717, 1.165) is 36.5 Å². The van der Waals surface area contributed by atoms with Crippen molar-refractivity contribution >= 4 is 5.71 Å². The molecule has 0 unspecified atom stereocenters. The summed E-state index contributed by atoms with van der Waals surface area (Å²) >= 11 is 0. The first-order valence-corrected chi connectivity index (χ1v) is 11.6. The average molecular weight is 376 g/mol. The lowest BCUT2D eigenvalue weighted by Crippen LogP contribution is -2.55. The Morgan fingerprint density at radius 3 is 2.41 bits per heavy atom. The van der Waals surface area contributed by atoms with Gasteiger partial charge >= 0.3 is 0 Å². The minimum Gasteiger partial charge on any atom is -0.394 e. The fourth-order valence-corrected chi connectivity index (χ4v) is 8.45. The molecule has 0 aromatic heterocycles. The zero-order valence-corrected chi connectivity index (χ0v) is 18.0. The maximum absolute atomic E-state index is 10.7. The summed E-state index contributed by atoms with van der Waals surface area (Å²) in [6.45, 7) is 10.1. The highest BCUT2D eigenvalue weighted by molar-refractivity contribution is 5.85. The van der Waals surface area contributed by atoms with E-state index in [1.54, 1.807) is 0 Å². The second kappa shape index (κ2) is 6.83. The molecule has 3 nitrogen and oxygen atoms in total. The molecule has 27 heavy (non-hydrogen) atoms. The van der Waals surface area contributed by atoms with E-state index in [1.807, 2.05) is 0 Å². The highest BCUT2D eigenvalue weighted by Crippen LogP contribution is 2.68. The van der Waals surface area contributed by atoms with Crippen LogP contribution in [0.3, 0.4) is 0 Å². The van der Waals surface area contributed by atoms with Gasteiger partial charge in [-0.15, -0.1) is 0 Å². The molecule has 0 amide bonds. The van der Waals surface area contributed by atoms with Crippen molar-refractivity contribution in [2.75, 3.05) is 13.2 Å². The molecular formula is C24H41NO2. The first kappa shape index (κ1) is 19.9. The topological polar surface area (TPSA) is 52.8 Å². The van der Waals surface area contributed by atoms with Crippen molar-refractivity contribution in [1.82, 2.24) is 0 Å². The van der Waals surface area contributed by atoms with E-state index in [2.05, 4.69) is 27.7 Å². The lowest BCUT2D eigenvalue weighted by molar-refractivity contribution is -0.144. The Balaban J connectivity index is 1.56. The summed E-state index contributed by atoms with van der Waals surface area (Å²) in [5.41, 5.74) is 1.72. The van der Waals surface area contributed by atoms with Crippen LogP contribution in [0.2, 0.25) is 0 Å².